The van der Waals surface area contributed by atoms with E-state index in [4.69, 9.17) is 23.7 Å². The van der Waals surface area contributed by atoms with Crippen molar-refractivity contribution >= 4 is 23.9 Å². The summed E-state index contributed by atoms with van der Waals surface area (Å²) in [7, 11) is 0. The summed E-state index contributed by atoms with van der Waals surface area (Å²) < 4.78 is 26.8. The van der Waals surface area contributed by atoms with E-state index in [2.05, 4.69) is 13.2 Å². The van der Waals surface area contributed by atoms with Crippen molar-refractivity contribution in [2.75, 3.05) is 19.8 Å². The van der Waals surface area contributed by atoms with Gasteiger partial charge in [-0.3, -0.25) is 4.79 Å². The third kappa shape index (κ3) is 15.0. The average Bonchev–Trinajstić information content (AvgIpc) is 3.11. The van der Waals surface area contributed by atoms with Gasteiger partial charge in [0.2, 0.25) is 0 Å². The molecular formula is C39H50O9. The largest absolute Gasteiger partial charge is 0.494 e. The minimum absolute atomic E-state index is 0.0930. The Morgan fingerprint density at radius 3 is 1.62 bits per heavy atom. The molecule has 0 unspecified atom stereocenters. The van der Waals surface area contributed by atoms with Gasteiger partial charge in [-0.05, 0) is 112 Å². The van der Waals surface area contributed by atoms with Gasteiger partial charge in [-0.25, -0.2) is 14.4 Å². The first-order valence-corrected chi connectivity index (χ1v) is 17.2. The van der Waals surface area contributed by atoms with Crippen LogP contribution in [0, 0.1) is 11.8 Å². The molecule has 0 atom stereocenters. The molecule has 0 spiro atoms. The lowest BCUT2D eigenvalue weighted by Gasteiger charge is -2.27. The number of carbonyl (C=O) groups is 4. The van der Waals surface area contributed by atoms with E-state index in [-0.39, 0.29) is 17.9 Å². The van der Waals surface area contributed by atoms with E-state index in [9.17, 15) is 19.2 Å². The van der Waals surface area contributed by atoms with Crippen LogP contribution in [0.4, 0.5) is 0 Å². The molecule has 0 saturated heterocycles. The first kappa shape index (κ1) is 38.1. The second-order valence-electron chi connectivity index (χ2n) is 12.1. The Bertz CT molecular complexity index is 1290. The monoisotopic (exact) mass is 662 g/mol. The summed E-state index contributed by atoms with van der Waals surface area (Å²) in [6.07, 6.45) is 16.3. The molecule has 1 aliphatic carbocycles. The van der Waals surface area contributed by atoms with Gasteiger partial charge in [-0.1, -0.05) is 45.3 Å². The van der Waals surface area contributed by atoms with Crippen LogP contribution in [0.2, 0.25) is 0 Å². The maximum atomic E-state index is 12.8. The first-order chi connectivity index (χ1) is 23.4. The molecule has 2 aromatic carbocycles. The molecule has 0 aromatic heterocycles. The highest BCUT2D eigenvalue weighted by Crippen LogP contribution is 2.33. The Kier molecular flexibility index (Phi) is 17.6. The normalized spacial score (nSPS) is 15.5. The van der Waals surface area contributed by atoms with Crippen molar-refractivity contribution in [1.82, 2.24) is 0 Å². The van der Waals surface area contributed by atoms with Crippen molar-refractivity contribution in [1.29, 1.82) is 0 Å². The summed E-state index contributed by atoms with van der Waals surface area (Å²) in [6.45, 7) is 8.16. The van der Waals surface area contributed by atoms with Crippen LogP contribution in [-0.4, -0.2) is 43.7 Å². The minimum Gasteiger partial charge on any atom is -0.494 e. The Morgan fingerprint density at radius 2 is 1.06 bits per heavy atom. The molecule has 0 heterocycles. The summed E-state index contributed by atoms with van der Waals surface area (Å²) in [5, 5.41) is 0. The van der Waals surface area contributed by atoms with Gasteiger partial charge in [0.05, 0.1) is 31.3 Å². The van der Waals surface area contributed by atoms with Crippen LogP contribution in [0.5, 0.6) is 17.2 Å². The maximum absolute atomic E-state index is 12.8. The zero-order chi connectivity index (χ0) is 34.4. The van der Waals surface area contributed by atoms with E-state index in [1.807, 2.05) is 0 Å². The second-order valence-corrected chi connectivity index (χ2v) is 12.1. The summed E-state index contributed by atoms with van der Waals surface area (Å²) in [5.41, 5.74) is 0.395. The number of ether oxygens (including phenoxy) is 5. The van der Waals surface area contributed by atoms with Gasteiger partial charge in [0.15, 0.2) is 0 Å². The zero-order valence-electron chi connectivity index (χ0n) is 28.0. The van der Waals surface area contributed by atoms with Crippen LogP contribution in [0.15, 0.2) is 73.8 Å². The Hall–Kier alpha value is -4.40. The van der Waals surface area contributed by atoms with Gasteiger partial charge >= 0.3 is 23.9 Å². The van der Waals surface area contributed by atoms with E-state index < -0.39 is 11.9 Å². The molecule has 48 heavy (non-hydrogen) atoms. The van der Waals surface area contributed by atoms with Crippen molar-refractivity contribution in [3.63, 3.8) is 0 Å². The van der Waals surface area contributed by atoms with Gasteiger partial charge in [-0.2, -0.15) is 0 Å². The van der Waals surface area contributed by atoms with Gasteiger partial charge in [0.1, 0.15) is 17.2 Å². The molecule has 2 aromatic rings. The van der Waals surface area contributed by atoms with E-state index in [1.165, 1.54) is 25.3 Å². The molecule has 0 N–H and O–H groups in total. The summed E-state index contributed by atoms with van der Waals surface area (Å²) in [6, 6.07) is 13.3. The number of esters is 4. The number of rotatable bonds is 22. The molecule has 260 valence electrons. The van der Waals surface area contributed by atoms with Crippen LogP contribution in [0.25, 0.3) is 0 Å². The molecule has 9 nitrogen and oxygen atoms in total. The lowest BCUT2D eigenvalue weighted by molar-refractivity contribution is -0.140. The fourth-order valence-corrected chi connectivity index (χ4v) is 5.59. The third-order valence-electron chi connectivity index (χ3n) is 8.41. The number of benzene rings is 2. The van der Waals surface area contributed by atoms with E-state index in [0.29, 0.717) is 48.6 Å². The third-order valence-corrected chi connectivity index (χ3v) is 8.41. The first-order valence-electron chi connectivity index (χ1n) is 17.2. The van der Waals surface area contributed by atoms with Gasteiger partial charge in [0, 0.05) is 12.2 Å². The van der Waals surface area contributed by atoms with Crippen molar-refractivity contribution in [3.05, 3.63) is 79.4 Å². The Labute approximate surface area is 284 Å². The van der Waals surface area contributed by atoms with E-state index >= 15 is 0 Å². The summed E-state index contributed by atoms with van der Waals surface area (Å²) >= 11 is 0. The van der Waals surface area contributed by atoms with Crippen molar-refractivity contribution < 1.29 is 42.9 Å². The quantitative estimate of drug-likeness (QED) is 0.0531. The molecule has 0 amide bonds. The van der Waals surface area contributed by atoms with Crippen LogP contribution in [0.1, 0.15) is 100 Å². The topological polar surface area (TPSA) is 114 Å². The lowest BCUT2D eigenvalue weighted by atomic mass is 9.80. The van der Waals surface area contributed by atoms with E-state index in [1.54, 1.807) is 48.5 Å². The highest BCUT2D eigenvalue weighted by molar-refractivity contribution is 5.91. The smallest absolute Gasteiger partial charge is 0.343 e. The average molecular weight is 663 g/mol. The number of hydrogen-bond acceptors (Lipinski definition) is 9. The second kappa shape index (κ2) is 22.2. The minimum atomic E-state index is -0.494. The Morgan fingerprint density at radius 1 is 0.583 bits per heavy atom. The number of unbranched alkanes of at least 4 members (excludes halogenated alkanes) is 7. The van der Waals surface area contributed by atoms with Gasteiger partial charge in [0.25, 0.3) is 0 Å². The Balaban J connectivity index is 1.26. The van der Waals surface area contributed by atoms with Crippen LogP contribution in [-0.2, 0) is 23.9 Å². The fraction of sp³-hybridized carbons (Fsp3) is 0.487. The zero-order valence-corrected chi connectivity index (χ0v) is 28.0. The molecule has 3 rings (SSSR count). The van der Waals surface area contributed by atoms with Crippen molar-refractivity contribution in [3.8, 4) is 17.2 Å². The predicted octanol–water partition coefficient (Wildman–Crippen LogP) is 8.36. The number of carbonyl (C=O) groups excluding carboxylic acids is 4. The SMILES string of the molecule is C=CC(=O)OCCCCCCCC1CCC(C(=O)Oc2ccc(OC(=O)c3ccc(OCCCCCCOC(=O)C=C)cc3)cc2)CC1. The van der Waals surface area contributed by atoms with E-state index in [0.717, 1.165) is 76.7 Å². The molecule has 1 aliphatic rings. The van der Waals surface area contributed by atoms with Crippen LogP contribution in [0.3, 0.4) is 0 Å². The highest BCUT2D eigenvalue weighted by atomic mass is 16.5. The fourth-order valence-electron chi connectivity index (χ4n) is 5.59. The highest BCUT2D eigenvalue weighted by Gasteiger charge is 2.27. The lowest BCUT2D eigenvalue weighted by Crippen LogP contribution is -2.25. The molecule has 1 fully saturated rings. The number of hydrogen-bond donors (Lipinski definition) is 0. The molecular weight excluding hydrogens is 612 g/mol. The molecule has 1 saturated carbocycles. The van der Waals surface area contributed by atoms with Crippen LogP contribution < -0.4 is 14.2 Å². The molecule has 0 bridgehead atoms. The van der Waals surface area contributed by atoms with Crippen molar-refractivity contribution in [2.45, 2.75) is 89.9 Å². The van der Waals surface area contributed by atoms with Crippen LogP contribution >= 0.6 is 0 Å². The van der Waals surface area contributed by atoms with Crippen molar-refractivity contribution in [2.24, 2.45) is 11.8 Å². The molecule has 0 aliphatic heterocycles. The van der Waals surface area contributed by atoms with Gasteiger partial charge < -0.3 is 23.7 Å². The predicted molar refractivity (Wildman–Crippen MR) is 183 cm³/mol. The van der Waals surface area contributed by atoms with Gasteiger partial charge in [-0.15, -0.1) is 0 Å². The molecule has 9 heteroatoms. The summed E-state index contributed by atoms with van der Waals surface area (Å²) in [5.74, 6) is 0.560. The summed E-state index contributed by atoms with van der Waals surface area (Å²) in [4.78, 5) is 47.5. The maximum Gasteiger partial charge on any atom is 0.343 e. The standard InChI is InChI=1S/C39H50O9/c1-3-36(40)45-28-12-7-5-6-10-14-30-15-17-31(18-16-30)38(42)47-34-23-25-35(26-24-34)48-39(43)32-19-21-33(22-20-32)44-27-11-8-9-13-29-46-37(41)4-2/h3-4,19-26,30-31H,1-2,5-18,27-29H2. The molecule has 0 radical (unpaired) electrons.